The molecule has 0 radical (unpaired) electrons. The highest BCUT2D eigenvalue weighted by molar-refractivity contribution is 8.15. The average molecular weight is 367 g/mol. The van der Waals surface area contributed by atoms with Crippen LogP contribution in [0, 0.1) is 0 Å². The molecule has 0 aromatic heterocycles. The Kier molecular flexibility index (Phi) is 5.30. The van der Waals surface area contributed by atoms with E-state index in [2.05, 4.69) is 4.40 Å². The van der Waals surface area contributed by atoms with E-state index < -0.39 is 10.0 Å². The molecule has 2 aliphatic rings. The van der Waals surface area contributed by atoms with Crippen LogP contribution in [0.4, 0.5) is 0 Å². The Morgan fingerprint density at radius 2 is 1.83 bits per heavy atom. The van der Waals surface area contributed by atoms with E-state index in [0.717, 1.165) is 37.7 Å². The second-order valence-corrected chi connectivity index (χ2v) is 8.74. The average Bonchev–Trinajstić information content (AvgIpc) is 2.95. The van der Waals surface area contributed by atoms with Crippen LogP contribution in [-0.2, 0) is 21.2 Å². The van der Waals surface area contributed by atoms with Gasteiger partial charge in [0.2, 0.25) is 5.91 Å². The molecular formula is C17H22N2O3S2. The summed E-state index contributed by atoms with van der Waals surface area (Å²) in [4.78, 5) is 14.0. The molecule has 5 nitrogen and oxygen atoms in total. The first kappa shape index (κ1) is 17.5. The van der Waals surface area contributed by atoms with Gasteiger partial charge < -0.3 is 0 Å². The number of hydrogen-bond acceptors (Lipinski definition) is 4. The van der Waals surface area contributed by atoms with Gasteiger partial charge >= 0.3 is 0 Å². The fourth-order valence-corrected chi connectivity index (χ4v) is 5.36. The summed E-state index contributed by atoms with van der Waals surface area (Å²) >= 11 is 1.23. The smallest absolute Gasteiger partial charge is 0.284 e. The summed E-state index contributed by atoms with van der Waals surface area (Å²) in [5.74, 6) is 0.252. The zero-order valence-electron chi connectivity index (χ0n) is 13.8. The molecule has 2 fully saturated rings. The summed E-state index contributed by atoms with van der Waals surface area (Å²) in [5.41, 5.74) is 1.08. The van der Waals surface area contributed by atoms with E-state index in [0.29, 0.717) is 5.17 Å². The normalized spacial score (nSPS) is 21.6. The number of sulfonamides is 1. The standard InChI is InChI=1S/C17H22N2O3S2/c1-2-13-8-10-15(11-9-13)24(21,22)18-17-19(16(20)12-23-17)14-6-4-3-5-7-14/h8-11,14H,2-7,12H2,1H3/b18-17+. The lowest BCUT2D eigenvalue weighted by atomic mass is 9.94. The molecule has 7 heteroatoms. The lowest BCUT2D eigenvalue weighted by Crippen LogP contribution is -2.41. The number of benzene rings is 1. The van der Waals surface area contributed by atoms with Crippen LogP contribution < -0.4 is 0 Å². The first-order valence-corrected chi connectivity index (χ1v) is 10.8. The second-order valence-electron chi connectivity index (χ2n) is 6.19. The molecule has 1 aromatic rings. The highest BCUT2D eigenvalue weighted by Crippen LogP contribution is 2.31. The molecule has 1 saturated heterocycles. The van der Waals surface area contributed by atoms with Crippen LogP contribution in [0.15, 0.2) is 33.6 Å². The number of hydrogen-bond donors (Lipinski definition) is 0. The van der Waals surface area contributed by atoms with Crippen LogP contribution >= 0.6 is 11.8 Å². The minimum absolute atomic E-state index is 0.0258. The summed E-state index contributed by atoms with van der Waals surface area (Å²) in [6, 6.07) is 6.88. The lowest BCUT2D eigenvalue weighted by molar-refractivity contribution is -0.126. The van der Waals surface area contributed by atoms with Gasteiger partial charge in [0.25, 0.3) is 10.0 Å². The van der Waals surface area contributed by atoms with Crippen molar-refractivity contribution in [3.05, 3.63) is 29.8 Å². The molecule has 0 bridgehead atoms. The van der Waals surface area contributed by atoms with Gasteiger partial charge in [0.1, 0.15) is 0 Å². The molecule has 0 unspecified atom stereocenters. The third-order valence-corrected chi connectivity index (χ3v) is 6.90. The predicted molar refractivity (Wildman–Crippen MR) is 96.6 cm³/mol. The van der Waals surface area contributed by atoms with E-state index in [-0.39, 0.29) is 22.6 Å². The number of carbonyl (C=O) groups excluding carboxylic acids is 1. The van der Waals surface area contributed by atoms with Crippen molar-refractivity contribution in [2.75, 3.05) is 5.75 Å². The van der Waals surface area contributed by atoms with Gasteiger partial charge in [0.05, 0.1) is 10.6 Å². The largest absolute Gasteiger partial charge is 0.287 e. The van der Waals surface area contributed by atoms with Crippen molar-refractivity contribution in [1.82, 2.24) is 4.90 Å². The molecule has 0 atom stereocenters. The SMILES string of the molecule is CCc1ccc(S(=O)(=O)/N=C2/SCC(=O)N2C2CCCCC2)cc1. The highest BCUT2D eigenvalue weighted by atomic mass is 32.2. The van der Waals surface area contributed by atoms with Crippen LogP contribution in [0.5, 0.6) is 0 Å². The maximum Gasteiger partial charge on any atom is 0.284 e. The Labute approximate surface area is 147 Å². The number of amidine groups is 1. The number of carbonyl (C=O) groups is 1. The Morgan fingerprint density at radius 1 is 1.17 bits per heavy atom. The summed E-state index contributed by atoms with van der Waals surface area (Å²) in [6.07, 6.45) is 6.05. The molecule has 0 N–H and O–H groups in total. The minimum Gasteiger partial charge on any atom is -0.287 e. The van der Waals surface area contributed by atoms with Crippen LogP contribution in [0.3, 0.4) is 0 Å². The fourth-order valence-electron chi connectivity index (χ4n) is 3.19. The van der Waals surface area contributed by atoms with Crippen molar-refractivity contribution in [1.29, 1.82) is 0 Å². The highest BCUT2D eigenvalue weighted by Gasteiger charge is 2.36. The summed E-state index contributed by atoms with van der Waals surface area (Å²) in [7, 11) is -3.79. The maximum atomic E-state index is 12.6. The third-order valence-electron chi connectivity index (χ3n) is 4.57. The summed E-state index contributed by atoms with van der Waals surface area (Å²) < 4.78 is 29.2. The van der Waals surface area contributed by atoms with E-state index in [9.17, 15) is 13.2 Å². The number of nitrogens with zero attached hydrogens (tertiary/aromatic N) is 2. The van der Waals surface area contributed by atoms with E-state index in [4.69, 9.17) is 0 Å². The van der Waals surface area contributed by atoms with Crippen molar-refractivity contribution in [3.8, 4) is 0 Å². The van der Waals surface area contributed by atoms with Crippen LogP contribution in [-0.4, -0.2) is 36.2 Å². The van der Waals surface area contributed by atoms with Gasteiger partial charge in [-0.15, -0.1) is 4.40 Å². The fraction of sp³-hybridized carbons (Fsp3) is 0.529. The topological polar surface area (TPSA) is 66.8 Å². The first-order chi connectivity index (χ1) is 11.5. The number of thioether (sulfide) groups is 1. The van der Waals surface area contributed by atoms with Crippen molar-refractivity contribution < 1.29 is 13.2 Å². The van der Waals surface area contributed by atoms with Crippen LogP contribution in [0.25, 0.3) is 0 Å². The van der Waals surface area contributed by atoms with Gasteiger partial charge in [0, 0.05) is 6.04 Å². The van der Waals surface area contributed by atoms with Crippen molar-refractivity contribution in [2.24, 2.45) is 4.40 Å². The van der Waals surface area contributed by atoms with Crippen molar-refractivity contribution in [2.45, 2.75) is 56.4 Å². The van der Waals surface area contributed by atoms with Crippen LogP contribution in [0.2, 0.25) is 0 Å². The molecule has 1 heterocycles. The first-order valence-electron chi connectivity index (χ1n) is 8.40. The van der Waals surface area contributed by atoms with Gasteiger partial charge in [-0.3, -0.25) is 9.69 Å². The van der Waals surface area contributed by atoms with E-state index in [1.807, 2.05) is 6.92 Å². The molecule has 1 aliphatic carbocycles. The van der Waals surface area contributed by atoms with Gasteiger partial charge in [-0.25, -0.2) is 0 Å². The number of aryl methyl sites for hydroxylation is 1. The Balaban J connectivity index is 1.88. The van der Waals surface area contributed by atoms with Crippen LogP contribution in [0.1, 0.15) is 44.6 Å². The molecule has 0 spiro atoms. The number of amides is 1. The molecule has 1 aromatic carbocycles. The predicted octanol–water partition coefficient (Wildman–Crippen LogP) is 3.20. The number of rotatable bonds is 4. The zero-order chi connectivity index (χ0) is 17.2. The second kappa shape index (κ2) is 7.27. The Hall–Kier alpha value is -1.34. The molecule has 3 rings (SSSR count). The van der Waals surface area contributed by atoms with Gasteiger partial charge in [-0.2, -0.15) is 8.42 Å². The summed E-state index contributed by atoms with van der Waals surface area (Å²) in [6.45, 7) is 2.02. The quantitative estimate of drug-likeness (QED) is 0.821. The lowest BCUT2D eigenvalue weighted by Gasteiger charge is -2.30. The van der Waals surface area contributed by atoms with Crippen molar-refractivity contribution >= 4 is 32.9 Å². The molecule has 1 aliphatic heterocycles. The summed E-state index contributed by atoms with van der Waals surface area (Å²) in [5, 5.41) is 0.339. The van der Waals surface area contributed by atoms with Gasteiger partial charge in [-0.1, -0.05) is 50.1 Å². The van der Waals surface area contributed by atoms with Gasteiger partial charge in [0.15, 0.2) is 5.17 Å². The van der Waals surface area contributed by atoms with E-state index >= 15 is 0 Å². The Bertz CT molecular complexity index is 736. The molecular weight excluding hydrogens is 344 g/mol. The maximum absolute atomic E-state index is 12.6. The van der Waals surface area contributed by atoms with Gasteiger partial charge in [-0.05, 0) is 37.0 Å². The van der Waals surface area contributed by atoms with E-state index in [1.165, 1.54) is 18.2 Å². The molecule has 1 saturated carbocycles. The zero-order valence-corrected chi connectivity index (χ0v) is 15.4. The van der Waals surface area contributed by atoms with Crippen molar-refractivity contribution in [3.63, 3.8) is 0 Å². The molecule has 1 amide bonds. The third kappa shape index (κ3) is 3.67. The minimum atomic E-state index is -3.79. The Morgan fingerprint density at radius 3 is 2.46 bits per heavy atom. The molecule has 130 valence electrons. The van der Waals surface area contributed by atoms with E-state index in [1.54, 1.807) is 29.2 Å². The monoisotopic (exact) mass is 366 g/mol. The molecule has 24 heavy (non-hydrogen) atoms.